The molecule has 1 aliphatic carbocycles. The third kappa shape index (κ3) is 8.43. The SMILES string of the molecule is COCCNC(=O)C(=O)C(NC(=O)[C@@H]1CCCN1C(=O)[C@@H](CC1CCCCC1)NC(=O)c1ccc2ccccc2c1)C(C)C. The Hall–Kier alpha value is -3.79. The Morgan fingerprint density at radius 3 is 2.34 bits per heavy atom. The van der Waals surface area contributed by atoms with E-state index in [0.29, 0.717) is 37.3 Å². The first-order valence-electron chi connectivity index (χ1n) is 15.9. The average Bonchev–Trinajstić information content (AvgIpc) is 3.53. The Balaban J connectivity index is 1.49. The van der Waals surface area contributed by atoms with Crippen LogP contribution < -0.4 is 16.0 Å². The third-order valence-electron chi connectivity index (χ3n) is 8.81. The number of likely N-dealkylation sites (tertiary alicyclic amines) is 1. The Labute approximate surface area is 259 Å². The van der Waals surface area contributed by atoms with Crippen LogP contribution >= 0.6 is 0 Å². The van der Waals surface area contributed by atoms with Crippen molar-refractivity contribution < 1.29 is 28.7 Å². The van der Waals surface area contributed by atoms with Crippen molar-refractivity contribution in [2.24, 2.45) is 11.8 Å². The molecule has 4 amide bonds. The maximum absolute atomic E-state index is 14.1. The predicted molar refractivity (Wildman–Crippen MR) is 168 cm³/mol. The molecule has 1 saturated heterocycles. The highest BCUT2D eigenvalue weighted by atomic mass is 16.5. The highest BCUT2D eigenvalue weighted by Crippen LogP contribution is 2.29. The van der Waals surface area contributed by atoms with E-state index in [1.165, 1.54) is 13.5 Å². The second-order valence-corrected chi connectivity index (χ2v) is 12.4. The quantitative estimate of drug-likeness (QED) is 0.237. The van der Waals surface area contributed by atoms with Crippen LogP contribution in [0.15, 0.2) is 42.5 Å². The number of carbonyl (C=O) groups excluding carboxylic acids is 5. The molecular weight excluding hydrogens is 560 g/mol. The zero-order valence-electron chi connectivity index (χ0n) is 26.1. The number of nitrogens with zero attached hydrogens (tertiary/aromatic N) is 1. The smallest absolute Gasteiger partial charge is 0.289 e. The number of nitrogens with one attached hydrogen (secondary N) is 3. The lowest BCUT2D eigenvalue weighted by atomic mass is 9.84. The molecule has 3 N–H and O–H groups in total. The molecule has 10 heteroatoms. The Kier molecular flexibility index (Phi) is 11.9. The summed E-state index contributed by atoms with van der Waals surface area (Å²) in [4.78, 5) is 68.0. The summed E-state index contributed by atoms with van der Waals surface area (Å²) in [6, 6.07) is 10.7. The normalized spacial score (nSPS) is 18.5. The fourth-order valence-electron chi connectivity index (χ4n) is 6.33. The number of methoxy groups -OCH3 is 1. The van der Waals surface area contributed by atoms with E-state index >= 15 is 0 Å². The number of ether oxygens (including phenoxy) is 1. The second-order valence-electron chi connectivity index (χ2n) is 12.4. The highest BCUT2D eigenvalue weighted by molar-refractivity contribution is 6.38. The molecule has 1 aliphatic heterocycles. The van der Waals surface area contributed by atoms with E-state index in [4.69, 9.17) is 4.74 Å². The van der Waals surface area contributed by atoms with Crippen molar-refractivity contribution in [1.82, 2.24) is 20.9 Å². The van der Waals surface area contributed by atoms with E-state index < -0.39 is 35.7 Å². The lowest BCUT2D eigenvalue weighted by Gasteiger charge is -2.32. The zero-order valence-corrected chi connectivity index (χ0v) is 26.1. The number of hydrogen-bond donors (Lipinski definition) is 3. The van der Waals surface area contributed by atoms with Gasteiger partial charge in [-0.05, 0) is 54.0 Å². The first-order valence-corrected chi connectivity index (χ1v) is 15.9. The van der Waals surface area contributed by atoms with Crippen LogP contribution in [0.2, 0.25) is 0 Å². The summed E-state index contributed by atoms with van der Waals surface area (Å²) < 4.78 is 4.92. The van der Waals surface area contributed by atoms with Gasteiger partial charge in [-0.2, -0.15) is 0 Å². The van der Waals surface area contributed by atoms with Crippen molar-refractivity contribution in [1.29, 1.82) is 0 Å². The maximum Gasteiger partial charge on any atom is 0.289 e. The second kappa shape index (κ2) is 15.8. The van der Waals surface area contributed by atoms with Gasteiger partial charge in [-0.1, -0.05) is 76.3 Å². The topological polar surface area (TPSA) is 134 Å². The van der Waals surface area contributed by atoms with E-state index in [0.717, 1.165) is 36.5 Å². The van der Waals surface area contributed by atoms with Crippen LogP contribution in [0.1, 0.15) is 75.6 Å². The van der Waals surface area contributed by atoms with Gasteiger partial charge >= 0.3 is 0 Å². The van der Waals surface area contributed by atoms with Gasteiger partial charge in [0.05, 0.1) is 12.6 Å². The number of Topliss-reactive ketones (excluding diaryl/α,β-unsaturated/α-hetero) is 1. The van der Waals surface area contributed by atoms with Crippen LogP contribution in [0.25, 0.3) is 10.8 Å². The number of fused-ring (bicyclic) bond motifs is 1. The van der Waals surface area contributed by atoms with E-state index in [-0.39, 0.29) is 30.9 Å². The minimum absolute atomic E-state index is 0.179. The molecule has 2 fully saturated rings. The van der Waals surface area contributed by atoms with Crippen molar-refractivity contribution in [2.75, 3.05) is 26.8 Å². The number of amides is 4. The largest absolute Gasteiger partial charge is 0.383 e. The van der Waals surface area contributed by atoms with Gasteiger partial charge in [0, 0.05) is 25.8 Å². The summed E-state index contributed by atoms with van der Waals surface area (Å²) >= 11 is 0. The van der Waals surface area contributed by atoms with Gasteiger partial charge in [0.15, 0.2) is 0 Å². The Morgan fingerprint density at radius 2 is 1.64 bits per heavy atom. The molecule has 1 saturated carbocycles. The molecule has 1 unspecified atom stereocenters. The van der Waals surface area contributed by atoms with Crippen LogP contribution in [0.4, 0.5) is 0 Å². The first kappa shape index (κ1) is 33.1. The molecule has 3 atom stereocenters. The molecule has 4 rings (SSSR count). The van der Waals surface area contributed by atoms with Gasteiger partial charge in [-0.3, -0.25) is 24.0 Å². The van der Waals surface area contributed by atoms with Crippen LogP contribution in [0.3, 0.4) is 0 Å². The molecule has 0 aromatic heterocycles. The van der Waals surface area contributed by atoms with E-state index in [2.05, 4.69) is 16.0 Å². The maximum atomic E-state index is 14.1. The lowest BCUT2D eigenvalue weighted by molar-refractivity contribution is -0.143. The van der Waals surface area contributed by atoms with Gasteiger partial charge in [0.2, 0.25) is 17.6 Å². The average molecular weight is 607 g/mol. The van der Waals surface area contributed by atoms with Crippen molar-refractivity contribution >= 4 is 40.2 Å². The summed E-state index contributed by atoms with van der Waals surface area (Å²) in [6.07, 6.45) is 6.95. The zero-order chi connectivity index (χ0) is 31.6. The number of benzene rings is 2. The Morgan fingerprint density at radius 1 is 0.909 bits per heavy atom. The van der Waals surface area contributed by atoms with Gasteiger partial charge in [-0.25, -0.2) is 0 Å². The molecule has 10 nitrogen and oxygen atoms in total. The molecule has 44 heavy (non-hydrogen) atoms. The van der Waals surface area contributed by atoms with Crippen LogP contribution in [-0.4, -0.2) is 79.2 Å². The van der Waals surface area contributed by atoms with Gasteiger partial charge < -0.3 is 25.6 Å². The molecular formula is C34H46N4O6. The van der Waals surface area contributed by atoms with Crippen molar-refractivity contribution in [3.63, 3.8) is 0 Å². The van der Waals surface area contributed by atoms with E-state index in [1.54, 1.807) is 24.8 Å². The minimum atomic E-state index is -1.03. The standard InChI is InChI=1S/C34H46N4O6/c1-22(2)29(30(39)33(42)35-17-19-44-3)37-32(41)28-14-9-18-38(28)34(43)27(20-23-10-5-4-6-11-23)36-31(40)26-16-15-24-12-7-8-13-25(24)21-26/h7-8,12-13,15-16,21-23,27-29H,4-6,9-11,14,17-20H2,1-3H3,(H,35,42)(H,36,40)(H,37,41)/t27-,28+,29?/m1/s1. The molecule has 2 aliphatic rings. The van der Waals surface area contributed by atoms with Gasteiger partial charge in [0.1, 0.15) is 12.1 Å². The lowest BCUT2D eigenvalue weighted by Crippen LogP contribution is -2.57. The summed E-state index contributed by atoms with van der Waals surface area (Å²) in [5, 5.41) is 10.3. The predicted octanol–water partition coefficient (Wildman–Crippen LogP) is 3.37. The van der Waals surface area contributed by atoms with E-state index in [9.17, 15) is 24.0 Å². The number of carbonyl (C=O) groups is 5. The highest BCUT2D eigenvalue weighted by Gasteiger charge is 2.40. The van der Waals surface area contributed by atoms with E-state index in [1.807, 2.05) is 36.4 Å². The monoisotopic (exact) mass is 606 g/mol. The molecule has 0 bridgehead atoms. The fourth-order valence-corrected chi connectivity index (χ4v) is 6.33. The molecule has 0 radical (unpaired) electrons. The summed E-state index contributed by atoms with van der Waals surface area (Å²) in [5.74, 6) is -2.64. The Bertz CT molecular complexity index is 1340. The van der Waals surface area contributed by atoms with Gasteiger partial charge in [0.25, 0.3) is 11.8 Å². The van der Waals surface area contributed by atoms with Crippen LogP contribution in [0, 0.1) is 11.8 Å². The number of rotatable bonds is 13. The van der Waals surface area contributed by atoms with Crippen molar-refractivity contribution in [3.8, 4) is 0 Å². The van der Waals surface area contributed by atoms with Crippen molar-refractivity contribution in [2.45, 2.75) is 83.3 Å². The minimum Gasteiger partial charge on any atom is -0.383 e. The van der Waals surface area contributed by atoms with Gasteiger partial charge in [-0.15, -0.1) is 0 Å². The number of hydrogen-bond acceptors (Lipinski definition) is 6. The molecule has 238 valence electrons. The molecule has 2 aromatic rings. The van der Waals surface area contributed by atoms with Crippen molar-refractivity contribution in [3.05, 3.63) is 48.0 Å². The fraction of sp³-hybridized carbons (Fsp3) is 0.559. The molecule has 0 spiro atoms. The molecule has 2 aromatic carbocycles. The van der Waals surface area contributed by atoms with Crippen LogP contribution in [0.5, 0.6) is 0 Å². The summed E-state index contributed by atoms with van der Waals surface area (Å²) in [7, 11) is 1.49. The molecule has 1 heterocycles. The third-order valence-corrected chi connectivity index (χ3v) is 8.81. The number of ketones is 1. The summed E-state index contributed by atoms with van der Waals surface area (Å²) in [6.45, 7) is 4.33. The first-order chi connectivity index (χ1) is 21.2. The summed E-state index contributed by atoms with van der Waals surface area (Å²) in [5.41, 5.74) is 0.475. The van der Waals surface area contributed by atoms with Crippen LogP contribution in [-0.2, 0) is 23.9 Å².